The van der Waals surface area contributed by atoms with E-state index in [9.17, 15) is 4.79 Å². The van der Waals surface area contributed by atoms with E-state index in [2.05, 4.69) is 13.5 Å². The van der Waals surface area contributed by atoms with Gasteiger partial charge < -0.3 is 5.11 Å². The van der Waals surface area contributed by atoms with E-state index in [1.807, 2.05) is 6.92 Å². The maximum absolute atomic E-state index is 11.4. The standard InChI is InChI=1S/C12H20O2/c1-9(8-13)10(2)12(3)6-4-5-11(14)7-12/h9,13H,2,4-8H2,1,3H3. The number of carbonyl (C=O) groups is 1. The zero-order valence-corrected chi connectivity index (χ0v) is 9.18. The third-order valence-corrected chi connectivity index (χ3v) is 3.42. The number of ketones is 1. The van der Waals surface area contributed by atoms with Gasteiger partial charge in [-0.1, -0.05) is 26.0 Å². The van der Waals surface area contributed by atoms with Crippen molar-refractivity contribution in [3.8, 4) is 0 Å². The van der Waals surface area contributed by atoms with Crippen LogP contribution in [0.3, 0.4) is 0 Å². The van der Waals surface area contributed by atoms with Crippen LogP contribution in [0.2, 0.25) is 0 Å². The summed E-state index contributed by atoms with van der Waals surface area (Å²) in [6.07, 6.45) is 3.32. The Bertz CT molecular complexity index is 245. The second kappa shape index (κ2) is 4.26. The van der Waals surface area contributed by atoms with Crippen LogP contribution in [0.25, 0.3) is 0 Å². The van der Waals surface area contributed by atoms with Crippen molar-refractivity contribution in [2.24, 2.45) is 11.3 Å². The van der Waals surface area contributed by atoms with Crippen LogP contribution in [0.1, 0.15) is 39.5 Å². The highest BCUT2D eigenvalue weighted by Gasteiger charge is 2.35. The van der Waals surface area contributed by atoms with E-state index >= 15 is 0 Å². The van der Waals surface area contributed by atoms with Crippen LogP contribution in [0.15, 0.2) is 12.2 Å². The van der Waals surface area contributed by atoms with E-state index in [0.29, 0.717) is 12.2 Å². The molecule has 1 fully saturated rings. The van der Waals surface area contributed by atoms with Crippen LogP contribution in [-0.4, -0.2) is 17.5 Å². The Hall–Kier alpha value is -0.630. The molecule has 0 bridgehead atoms. The Kier molecular flexibility index (Phi) is 3.48. The molecule has 0 saturated heterocycles. The lowest BCUT2D eigenvalue weighted by Gasteiger charge is -2.37. The summed E-state index contributed by atoms with van der Waals surface area (Å²) in [5, 5.41) is 9.07. The largest absolute Gasteiger partial charge is 0.396 e. The van der Waals surface area contributed by atoms with E-state index in [1.54, 1.807) is 0 Å². The van der Waals surface area contributed by atoms with Crippen LogP contribution in [0.4, 0.5) is 0 Å². The fourth-order valence-corrected chi connectivity index (χ4v) is 2.27. The van der Waals surface area contributed by atoms with Crippen LogP contribution in [-0.2, 0) is 4.79 Å². The molecule has 1 N–H and O–H groups in total. The predicted molar refractivity (Wildman–Crippen MR) is 57.0 cm³/mol. The number of aliphatic hydroxyl groups is 1. The maximum atomic E-state index is 11.4. The number of hydrogen-bond donors (Lipinski definition) is 1. The molecule has 0 heterocycles. The minimum Gasteiger partial charge on any atom is -0.396 e. The van der Waals surface area contributed by atoms with Gasteiger partial charge in [-0.15, -0.1) is 0 Å². The van der Waals surface area contributed by atoms with Crippen molar-refractivity contribution in [2.45, 2.75) is 39.5 Å². The van der Waals surface area contributed by atoms with E-state index < -0.39 is 0 Å². The Morgan fingerprint density at radius 1 is 1.71 bits per heavy atom. The normalized spacial score (nSPS) is 30.1. The summed E-state index contributed by atoms with van der Waals surface area (Å²) in [5.74, 6) is 0.441. The van der Waals surface area contributed by atoms with Gasteiger partial charge in [-0.3, -0.25) is 4.79 Å². The minimum absolute atomic E-state index is 0.0719. The molecule has 2 atom stereocenters. The van der Waals surface area contributed by atoms with Crippen LogP contribution < -0.4 is 0 Å². The molecule has 0 aromatic rings. The van der Waals surface area contributed by atoms with Crippen LogP contribution >= 0.6 is 0 Å². The third-order valence-electron chi connectivity index (χ3n) is 3.42. The second-order valence-electron chi connectivity index (χ2n) is 4.74. The Morgan fingerprint density at radius 3 is 2.86 bits per heavy atom. The van der Waals surface area contributed by atoms with Gasteiger partial charge in [0.05, 0.1) is 0 Å². The zero-order valence-electron chi connectivity index (χ0n) is 9.18. The number of hydrogen-bond acceptors (Lipinski definition) is 2. The van der Waals surface area contributed by atoms with Crippen molar-refractivity contribution in [3.63, 3.8) is 0 Å². The van der Waals surface area contributed by atoms with Crippen molar-refractivity contribution in [1.82, 2.24) is 0 Å². The molecule has 0 aromatic heterocycles. The highest BCUT2D eigenvalue weighted by molar-refractivity contribution is 5.80. The highest BCUT2D eigenvalue weighted by Crippen LogP contribution is 2.42. The molecule has 2 unspecified atom stereocenters. The molecule has 0 spiro atoms. The van der Waals surface area contributed by atoms with Crippen molar-refractivity contribution in [3.05, 3.63) is 12.2 Å². The molecule has 0 aromatic carbocycles. The summed E-state index contributed by atoms with van der Waals surface area (Å²) in [4.78, 5) is 11.4. The van der Waals surface area contributed by atoms with Gasteiger partial charge >= 0.3 is 0 Å². The van der Waals surface area contributed by atoms with Crippen LogP contribution in [0.5, 0.6) is 0 Å². The molecule has 1 aliphatic carbocycles. The quantitative estimate of drug-likeness (QED) is 0.703. The summed E-state index contributed by atoms with van der Waals surface area (Å²) in [5.41, 5.74) is 0.963. The van der Waals surface area contributed by atoms with Gasteiger partial charge in [0.2, 0.25) is 0 Å². The lowest BCUT2D eigenvalue weighted by Crippen LogP contribution is -2.30. The molecule has 2 nitrogen and oxygen atoms in total. The zero-order chi connectivity index (χ0) is 10.8. The van der Waals surface area contributed by atoms with Gasteiger partial charge in [-0.2, -0.15) is 0 Å². The molecule has 1 saturated carbocycles. The van der Waals surface area contributed by atoms with Gasteiger partial charge in [0, 0.05) is 25.4 Å². The highest BCUT2D eigenvalue weighted by atomic mass is 16.3. The Morgan fingerprint density at radius 2 is 2.36 bits per heavy atom. The first-order valence-electron chi connectivity index (χ1n) is 5.31. The fourth-order valence-electron chi connectivity index (χ4n) is 2.27. The molecule has 2 heteroatoms. The maximum Gasteiger partial charge on any atom is 0.133 e. The number of aliphatic hydroxyl groups excluding tert-OH is 1. The summed E-state index contributed by atoms with van der Waals surface area (Å²) in [7, 11) is 0. The average molecular weight is 196 g/mol. The lowest BCUT2D eigenvalue weighted by molar-refractivity contribution is -0.122. The van der Waals surface area contributed by atoms with Crippen molar-refractivity contribution < 1.29 is 9.90 Å². The van der Waals surface area contributed by atoms with E-state index in [0.717, 1.165) is 24.8 Å². The minimum atomic E-state index is -0.0719. The summed E-state index contributed by atoms with van der Waals surface area (Å²) in [6, 6.07) is 0. The molecule has 14 heavy (non-hydrogen) atoms. The predicted octanol–water partition coefficient (Wildman–Crippen LogP) is 2.32. The topological polar surface area (TPSA) is 37.3 Å². The van der Waals surface area contributed by atoms with E-state index in [1.165, 1.54) is 0 Å². The first-order chi connectivity index (χ1) is 6.49. The average Bonchev–Trinajstić information content (AvgIpc) is 2.15. The smallest absolute Gasteiger partial charge is 0.133 e. The number of carbonyl (C=O) groups excluding carboxylic acids is 1. The van der Waals surface area contributed by atoms with Gasteiger partial charge in [0.15, 0.2) is 0 Å². The van der Waals surface area contributed by atoms with E-state index in [4.69, 9.17) is 5.11 Å². The Labute approximate surface area is 86.0 Å². The monoisotopic (exact) mass is 196 g/mol. The third kappa shape index (κ3) is 2.24. The second-order valence-corrected chi connectivity index (χ2v) is 4.74. The summed E-state index contributed by atoms with van der Waals surface area (Å²) < 4.78 is 0. The number of rotatable bonds is 3. The molecule has 0 radical (unpaired) electrons. The first-order valence-corrected chi connectivity index (χ1v) is 5.31. The van der Waals surface area contributed by atoms with Crippen molar-refractivity contribution >= 4 is 5.78 Å². The molecule has 1 aliphatic rings. The first kappa shape index (κ1) is 11.4. The molecular formula is C12H20O2. The molecule has 0 aliphatic heterocycles. The summed E-state index contributed by atoms with van der Waals surface area (Å²) >= 11 is 0. The Balaban J connectivity index is 2.72. The van der Waals surface area contributed by atoms with Crippen molar-refractivity contribution in [2.75, 3.05) is 6.61 Å². The molecular weight excluding hydrogens is 176 g/mol. The molecule has 80 valence electrons. The lowest BCUT2D eigenvalue weighted by atomic mass is 9.67. The summed E-state index contributed by atoms with van der Waals surface area (Å²) in [6.45, 7) is 8.23. The van der Waals surface area contributed by atoms with Crippen LogP contribution in [0, 0.1) is 11.3 Å². The van der Waals surface area contributed by atoms with Gasteiger partial charge in [-0.05, 0) is 18.3 Å². The van der Waals surface area contributed by atoms with Crippen molar-refractivity contribution in [1.29, 1.82) is 0 Å². The van der Waals surface area contributed by atoms with Gasteiger partial charge in [-0.25, -0.2) is 0 Å². The SMILES string of the molecule is C=C(C(C)CO)C1(C)CCCC(=O)C1. The van der Waals surface area contributed by atoms with Gasteiger partial charge in [0.25, 0.3) is 0 Å². The molecule has 1 rings (SSSR count). The fraction of sp³-hybridized carbons (Fsp3) is 0.750. The van der Waals surface area contributed by atoms with E-state index in [-0.39, 0.29) is 17.9 Å². The van der Waals surface area contributed by atoms with Gasteiger partial charge in [0.1, 0.15) is 5.78 Å². The number of Topliss-reactive ketones (excluding diaryl/α,β-unsaturated/α-hetero) is 1. The molecule has 0 amide bonds.